The minimum atomic E-state index is -1.81. The molecule has 4 aliphatic rings. The molecule has 4 fully saturated rings. The second-order valence-electron chi connectivity index (χ2n) is 17.4. The first kappa shape index (κ1) is 46.4. The summed E-state index contributed by atoms with van der Waals surface area (Å²) in [4.78, 5) is 30.3. The summed E-state index contributed by atoms with van der Waals surface area (Å²) in [5.41, 5.74) is -4.06. The molecule has 1 aliphatic carbocycles. The van der Waals surface area contributed by atoms with Crippen LogP contribution < -0.4 is 0 Å². The number of rotatable bonds is 11. The molecule has 19 atom stereocenters. The first-order chi connectivity index (χ1) is 25.6. The van der Waals surface area contributed by atoms with Crippen LogP contribution in [0, 0.1) is 29.6 Å². The number of aliphatic hydroxyl groups excluding tert-OH is 3. The van der Waals surface area contributed by atoms with E-state index < -0.39 is 108 Å². The molecule has 0 spiro atoms. The van der Waals surface area contributed by atoms with Crippen LogP contribution >= 0.6 is 0 Å². The van der Waals surface area contributed by atoms with Gasteiger partial charge in [0.15, 0.2) is 12.6 Å². The highest BCUT2D eigenvalue weighted by atomic mass is 16.7. The Morgan fingerprint density at radius 1 is 0.855 bits per heavy atom. The summed E-state index contributed by atoms with van der Waals surface area (Å²) in [6, 6.07) is -0.133. The molecule has 3 heterocycles. The van der Waals surface area contributed by atoms with Crippen molar-refractivity contribution < 1.29 is 67.9 Å². The van der Waals surface area contributed by atoms with Gasteiger partial charge in [-0.25, -0.2) is 0 Å². The number of hydrogen-bond acceptors (Lipinski definition) is 15. The van der Waals surface area contributed by atoms with E-state index in [1.165, 1.54) is 14.2 Å². The second kappa shape index (κ2) is 18.3. The van der Waals surface area contributed by atoms with Crippen LogP contribution in [0.5, 0.6) is 0 Å². The SMILES string of the molecule is CO[C@H]1[C@H](O[C@@H]2[C@@H](C)[C@H](O[C@H]3C[C@@](C)(OC)[C@@H](O)[C@H](C)O3)[C@@H](C)C(=O)O[C@@H]3C(C)[C@]3(O)[C@H](O)[C@@H](C)C(=O)[C@H](C)C[C@]2(C)OC)O[C@H](C)C[C@@H]1N(C)CCCO. The van der Waals surface area contributed by atoms with Gasteiger partial charge in [-0.05, 0) is 60.9 Å². The van der Waals surface area contributed by atoms with Crippen molar-refractivity contribution in [3.05, 3.63) is 0 Å². The topological polar surface area (TPSA) is 192 Å². The summed E-state index contributed by atoms with van der Waals surface area (Å²) < 4.78 is 50.7. The van der Waals surface area contributed by atoms with Crippen LogP contribution in [0.4, 0.5) is 0 Å². The normalized spacial score (nSPS) is 48.9. The lowest BCUT2D eigenvalue weighted by molar-refractivity contribution is -0.321. The molecule has 0 aromatic carbocycles. The molecule has 0 bridgehead atoms. The van der Waals surface area contributed by atoms with E-state index in [1.807, 2.05) is 27.8 Å². The number of likely N-dealkylation sites (N-methyl/N-ethyl adjacent to an activating group) is 1. The number of fused-ring (bicyclic) bond motifs is 1. The zero-order valence-electron chi connectivity index (χ0n) is 35.3. The highest BCUT2D eigenvalue weighted by molar-refractivity contribution is 5.84. The van der Waals surface area contributed by atoms with Crippen molar-refractivity contribution >= 4 is 11.8 Å². The summed E-state index contributed by atoms with van der Waals surface area (Å²) in [6.45, 7) is 16.5. The van der Waals surface area contributed by atoms with Crippen LogP contribution in [0.3, 0.4) is 0 Å². The summed E-state index contributed by atoms with van der Waals surface area (Å²) in [5, 5.41) is 43.5. The maximum Gasteiger partial charge on any atom is 0.311 e. The molecule has 1 saturated carbocycles. The monoisotopic (exact) mass is 789 g/mol. The first-order valence-electron chi connectivity index (χ1n) is 20.0. The van der Waals surface area contributed by atoms with E-state index in [0.717, 1.165) is 0 Å². The Morgan fingerprint density at radius 3 is 2.07 bits per heavy atom. The molecule has 55 heavy (non-hydrogen) atoms. The fourth-order valence-corrected chi connectivity index (χ4v) is 9.48. The van der Waals surface area contributed by atoms with Gasteiger partial charge in [0, 0.05) is 70.6 Å². The fourth-order valence-electron chi connectivity index (χ4n) is 9.48. The number of esters is 1. The molecule has 3 aliphatic heterocycles. The van der Waals surface area contributed by atoms with E-state index in [-0.39, 0.29) is 37.4 Å². The third kappa shape index (κ3) is 9.28. The largest absolute Gasteiger partial charge is 0.458 e. The standard InChI is InChI=1S/C40H71NO14/c1-20-18-39(9,50-13)34(55-37-31(48-11)27(17-21(2)51-37)41(10)15-14-16-42)23(4)30(53-28-19-38(8,49-12)33(45)26(7)52-28)24(5)36(46)54-35-25(6)40(35,47)32(44)22(3)29(20)43/h20-28,30-35,37,42,44-45,47H,14-19H2,1-13H3/t20-,21-,22+,23+,24-,25?,26+,27+,28+,30+,31-,32-,33+,34-,35-,37+,38-,39+,40+/m1/s1. The molecular weight excluding hydrogens is 718 g/mol. The molecule has 15 nitrogen and oxygen atoms in total. The Labute approximate surface area is 327 Å². The lowest BCUT2D eigenvalue weighted by Crippen LogP contribution is -2.61. The molecule has 3 saturated heterocycles. The molecule has 1 unspecified atom stereocenters. The van der Waals surface area contributed by atoms with Crippen molar-refractivity contribution in [1.29, 1.82) is 0 Å². The van der Waals surface area contributed by atoms with Gasteiger partial charge in [0.25, 0.3) is 0 Å². The Hall–Kier alpha value is -1.34. The molecule has 15 heteroatoms. The Kier molecular flexibility index (Phi) is 15.4. The zero-order valence-corrected chi connectivity index (χ0v) is 35.3. The molecule has 0 radical (unpaired) electrons. The Bertz CT molecular complexity index is 1290. The van der Waals surface area contributed by atoms with Crippen molar-refractivity contribution in [3.63, 3.8) is 0 Å². The van der Waals surface area contributed by atoms with Gasteiger partial charge < -0.3 is 63.2 Å². The number of carbonyl (C=O) groups excluding carboxylic acids is 2. The number of Topliss-reactive ketones (excluding diaryl/α,β-unsaturated/α-hetero) is 1. The number of ether oxygens (including phenoxy) is 8. The van der Waals surface area contributed by atoms with E-state index in [0.29, 0.717) is 19.4 Å². The maximum absolute atomic E-state index is 14.2. The van der Waals surface area contributed by atoms with E-state index in [1.54, 1.807) is 48.7 Å². The zero-order chi connectivity index (χ0) is 41.4. The summed E-state index contributed by atoms with van der Waals surface area (Å²) in [5.74, 6) is -4.90. The van der Waals surface area contributed by atoms with Gasteiger partial charge in [-0.2, -0.15) is 0 Å². The minimum absolute atomic E-state index is 0.0476. The van der Waals surface area contributed by atoms with Crippen LogP contribution in [-0.2, 0) is 47.5 Å². The van der Waals surface area contributed by atoms with Crippen LogP contribution in [0.25, 0.3) is 0 Å². The van der Waals surface area contributed by atoms with Crippen LogP contribution in [0.2, 0.25) is 0 Å². The number of methoxy groups -OCH3 is 3. The number of nitrogens with zero attached hydrogens (tertiary/aromatic N) is 1. The van der Waals surface area contributed by atoms with E-state index in [9.17, 15) is 30.0 Å². The number of carbonyl (C=O) groups is 2. The van der Waals surface area contributed by atoms with Crippen molar-refractivity contribution in [2.75, 3.05) is 41.5 Å². The smallest absolute Gasteiger partial charge is 0.311 e. The van der Waals surface area contributed by atoms with Gasteiger partial charge in [-0.3, -0.25) is 9.59 Å². The molecule has 0 aromatic heterocycles. The van der Waals surface area contributed by atoms with E-state index in [2.05, 4.69) is 4.90 Å². The summed E-state index contributed by atoms with van der Waals surface area (Å²) >= 11 is 0. The van der Waals surface area contributed by atoms with Crippen molar-refractivity contribution in [2.24, 2.45) is 29.6 Å². The summed E-state index contributed by atoms with van der Waals surface area (Å²) in [6.07, 6.45) is -7.21. The maximum atomic E-state index is 14.2. The first-order valence-corrected chi connectivity index (χ1v) is 20.0. The Balaban J connectivity index is 1.83. The van der Waals surface area contributed by atoms with Gasteiger partial charge in [-0.15, -0.1) is 0 Å². The number of ketones is 1. The Morgan fingerprint density at radius 2 is 1.49 bits per heavy atom. The van der Waals surface area contributed by atoms with Crippen LogP contribution in [0.15, 0.2) is 0 Å². The molecule has 4 N–H and O–H groups in total. The van der Waals surface area contributed by atoms with E-state index >= 15 is 0 Å². The third-order valence-corrected chi connectivity index (χ3v) is 13.5. The summed E-state index contributed by atoms with van der Waals surface area (Å²) in [7, 11) is 6.62. The molecule has 320 valence electrons. The lowest BCUT2D eigenvalue weighted by Gasteiger charge is -2.50. The lowest BCUT2D eigenvalue weighted by atomic mass is 9.75. The predicted octanol–water partition coefficient (Wildman–Crippen LogP) is 2.07. The van der Waals surface area contributed by atoms with Crippen LogP contribution in [0.1, 0.15) is 88.0 Å². The molecule has 0 amide bonds. The van der Waals surface area contributed by atoms with Gasteiger partial charge in [0.1, 0.15) is 29.7 Å². The second-order valence-corrected chi connectivity index (χ2v) is 17.4. The minimum Gasteiger partial charge on any atom is -0.458 e. The molecule has 4 rings (SSSR count). The fraction of sp³-hybridized carbons (Fsp3) is 0.950. The highest BCUT2D eigenvalue weighted by Gasteiger charge is 2.70. The molecule has 0 aromatic rings. The predicted molar refractivity (Wildman–Crippen MR) is 200 cm³/mol. The van der Waals surface area contributed by atoms with Crippen LogP contribution in [-0.4, -0.2) is 163 Å². The van der Waals surface area contributed by atoms with Gasteiger partial charge in [0.05, 0.1) is 47.6 Å². The molecular formula is C40H71NO14. The van der Waals surface area contributed by atoms with Gasteiger partial charge >= 0.3 is 5.97 Å². The van der Waals surface area contributed by atoms with Crippen molar-refractivity contribution in [3.8, 4) is 0 Å². The van der Waals surface area contributed by atoms with Gasteiger partial charge in [0.2, 0.25) is 0 Å². The third-order valence-electron chi connectivity index (χ3n) is 13.5. The number of aliphatic hydroxyl groups is 4. The quantitative estimate of drug-likeness (QED) is 0.222. The van der Waals surface area contributed by atoms with E-state index in [4.69, 9.17) is 37.9 Å². The van der Waals surface area contributed by atoms with Gasteiger partial charge in [-0.1, -0.05) is 27.7 Å². The van der Waals surface area contributed by atoms with Crippen molar-refractivity contribution in [2.45, 2.75) is 172 Å². The highest BCUT2D eigenvalue weighted by Crippen LogP contribution is 2.51. The van der Waals surface area contributed by atoms with Crippen molar-refractivity contribution in [1.82, 2.24) is 4.90 Å². The average molecular weight is 790 g/mol. The number of hydrogen-bond donors (Lipinski definition) is 4. The average Bonchev–Trinajstić information content (AvgIpc) is 3.68.